The number of hydrazine groups is 1. The quantitative estimate of drug-likeness (QED) is 0.457. The average Bonchev–Trinajstić information content (AvgIpc) is 2.61. The van der Waals surface area contributed by atoms with E-state index in [9.17, 15) is 0 Å². The van der Waals surface area contributed by atoms with Crippen LogP contribution in [-0.2, 0) is 6.42 Å². The Kier molecular flexibility index (Phi) is 7.63. The Morgan fingerprint density at radius 2 is 1.28 bits per heavy atom. The summed E-state index contributed by atoms with van der Waals surface area (Å²) >= 11 is 10.5. The first-order valence-electron chi connectivity index (χ1n) is 8.36. The second-order valence-electron chi connectivity index (χ2n) is 5.82. The molecule has 0 aliphatic heterocycles. The van der Waals surface area contributed by atoms with E-state index >= 15 is 0 Å². The van der Waals surface area contributed by atoms with E-state index < -0.39 is 0 Å². The second-order valence-corrected chi connectivity index (χ2v) is 6.64. The van der Waals surface area contributed by atoms with Gasteiger partial charge in [0.2, 0.25) is 0 Å². The van der Waals surface area contributed by atoms with Gasteiger partial charge in [-0.3, -0.25) is 10.9 Å². The predicted octanol–water partition coefficient (Wildman–Crippen LogP) is 4.53. The number of aryl methyl sites for hydroxylation is 2. The van der Waals surface area contributed by atoms with E-state index in [0.717, 1.165) is 17.8 Å². The van der Waals surface area contributed by atoms with E-state index in [0.29, 0.717) is 10.2 Å². The molecule has 0 fully saturated rings. The summed E-state index contributed by atoms with van der Waals surface area (Å²) in [6.45, 7) is 4.24. The van der Waals surface area contributed by atoms with Crippen molar-refractivity contribution in [3.05, 3.63) is 59.7 Å². The van der Waals surface area contributed by atoms with Crippen molar-refractivity contribution in [2.75, 3.05) is 10.6 Å². The number of hydrogen-bond donors (Lipinski definition) is 4. The van der Waals surface area contributed by atoms with Gasteiger partial charge in [-0.15, -0.1) is 0 Å². The van der Waals surface area contributed by atoms with Crippen molar-refractivity contribution < 1.29 is 0 Å². The van der Waals surface area contributed by atoms with Crippen molar-refractivity contribution in [2.45, 2.75) is 33.1 Å². The lowest BCUT2D eigenvalue weighted by Crippen LogP contribution is -2.45. The lowest BCUT2D eigenvalue weighted by Gasteiger charge is -2.14. The van der Waals surface area contributed by atoms with Crippen molar-refractivity contribution in [1.82, 2.24) is 10.9 Å². The Hall–Kier alpha value is -2.18. The van der Waals surface area contributed by atoms with Crippen molar-refractivity contribution in [3.63, 3.8) is 0 Å². The topological polar surface area (TPSA) is 48.1 Å². The maximum absolute atomic E-state index is 5.27. The van der Waals surface area contributed by atoms with Crippen LogP contribution in [0.15, 0.2) is 48.5 Å². The molecular formula is C19H24N4S2. The van der Waals surface area contributed by atoms with Crippen LogP contribution >= 0.6 is 24.4 Å². The molecule has 0 radical (unpaired) electrons. The van der Waals surface area contributed by atoms with E-state index in [1.54, 1.807) is 0 Å². The van der Waals surface area contributed by atoms with E-state index in [2.05, 4.69) is 40.5 Å². The number of unbranched alkanes of at least 4 members (excludes halogenated alkanes) is 1. The molecule has 132 valence electrons. The third-order valence-electron chi connectivity index (χ3n) is 3.63. The predicted molar refractivity (Wildman–Crippen MR) is 115 cm³/mol. The molecule has 4 N–H and O–H groups in total. The van der Waals surface area contributed by atoms with Gasteiger partial charge in [0.25, 0.3) is 0 Å². The minimum atomic E-state index is 0.447. The van der Waals surface area contributed by atoms with Gasteiger partial charge < -0.3 is 10.6 Å². The Balaban J connectivity index is 1.74. The molecule has 0 unspecified atom stereocenters. The molecule has 0 bridgehead atoms. The van der Waals surface area contributed by atoms with Gasteiger partial charge >= 0.3 is 0 Å². The number of hydrogen-bond acceptors (Lipinski definition) is 2. The lowest BCUT2D eigenvalue weighted by atomic mass is 10.1. The van der Waals surface area contributed by atoms with Crippen LogP contribution in [0.3, 0.4) is 0 Å². The fraction of sp³-hybridized carbons (Fsp3) is 0.263. The first-order valence-corrected chi connectivity index (χ1v) is 9.18. The van der Waals surface area contributed by atoms with Gasteiger partial charge in [0.05, 0.1) is 0 Å². The normalized spacial score (nSPS) is 10.0. The van der Waals surface area contributed by atoms with Gasteiger partial charge in [0, 0.05) is 11.4 Å². The molecule has 0 saturated carbocycles. The zero-order valence-electron chi connectivity index (χ0n) is 14.6. The summed E-state index contributed by atoms with van der Waals surface area (Å²) in [5.74, 6) is 0. The number of thiocarbonyl (C=S) groups is 2. The number of anilines is 2. The smallest absolute Gasteiger partial charge is 0.189 e. The summed E-state index contributed by atoms with van der Waals surface area (Å²) in [4.78, 5) is 0. The van der Waals surface area contributed by atoms with E-state index in [4.69, 9.17) is 24.4 Å². The van der Waals surface area contributed by atoms with Gasteiger partial charge in [-0.25, -0.2) is 0 Å². The highest BCUT2D eigenvalue weighted by Gasteiger charge is 2.00. The van der Waals surface area contributed by atoms with Crippen LogP contribution < -0.4 is 21.5 Å². The average molecular weight is 373 g/mol. The summed E-state index contributed by atoms with van der Waals surface area (Å²) in [5.41, 5.74) is 10.2. The van der Waals surface area contributed by atoms with Crippen molar-refractivity contribution >= 4 is 46.0 Å². The Labute approximate surface area is 160 Å². The molecule has 4 nitrogen and oxygen atoms in total. The van der Waals surface area contributed by atoms with Crippen molar-refractivity contribution in [3.8, 4) is 0 Å². The molecule has 0 amide bonds. The van der Waals surface area contributed by atoms with Crippen molar-refractivity contribution in [2.24, 2.45) is 0 Å². The third kappa shape index (κ3) is 7.07. The highest BCUT2D eigenvalue weighted by molar-refractivity contribution is 7.81. The molecular weight excluding hydrogens is 348 g/mol. The molecule has 2 aromatic rings. The standard InChI is InChI=1S/C19H24N4S2/c1-3-4-5-15-8-12-17(13-9-15)21-19(25)23-22-18(24)20-16-10-6-14(2)7-11-16/h6-13H,3-5H2,1-2H3,(H2,20,22,24)(H2,21,23,25). The molecule has 0 aromatic heterocycles. The molecule has 0 aliphatic carbocycles. The monoisotopic (exact) mass is 372 g/mol. The highest BCUT2D eigenvalue weighted by Crippen LogP contribution is 2.11. The van der Waals surface area contributed by atoms with E-state index in [-0.39, 0.29) is 0 Å². The van der Waals surface area contributed by atoms with Crippen LogP contribution in [0.1, 0.15) is 30.9 Å². The van der Waals surface area contributed by atoms with Crippen LogP contribution in [0, 0.1) is 6.92 Å². The Bertz CT molecular complexity index is 696. The van der Waals surface area contributed by atoms with Gasteiger partial charge in [-0.05, 0) is 74.0 Å². The maximum atomic E-state index is 5.27. The fourth-order valence-corrected chi connectivity index (χ4v) is 2.55. The van der Waals surface area contributed by atoms with Crippen LogP contribution in [0.2, 0.25) is 0 Å². The second kappa shape index (κ2) is 9.96. The largest absolute Gasteiger partial charge is 0.331 e. The molecule has 2 aromatic carbocycles. The summed E-state index contributed by atoms with van der Waals surface area (Å²) < 4.78 is 0. The van der Waals surface area contributed by atoms with Crippen LogP contribution in [-0.4, -0.2) is 10.2 Å². The molecule has 0 heterocycles. The zero-order valence-corrected chi connectivity index (χ0v) is 16.2. The lowest BCUT2D eigenvalue weighted by molar-refractivity contribution is 0.795. The summed E-state index contributed by atoms with van der Waals surface area (Å²) in [6, 6.07) is 16.3. The molecule has 2 rings (SSSR count). The molecule has 25 heavy (non-hydrogen) atoms. The Morgan fingerprint density at radius 3 is 1.76 bits per heavy atom. The number of nitrogens with one attached hydrogen (secondary N) is 4. The van der Waals surface area contributed by atoms with Gasteiger partial charge in [-0.1, -0.05) is 43.2 Å². The summed E-state index contributed by atoms with van der Waals surface area (Å²) in [7, 11) is 0. The van der Waals surface area contributed by atoms with Gasteiger partial charge in [-0.2, -0.15) is 0 Å². The van der Waals surface area contributed by atoms with Crippen molar-refractivity contribution in [1.29, 1.82) is 0 Å². The minimum Gasteiger partial charge on any atom is -0.331 e. The van der Waals surface area contributed by atoms with E-state index in [1.807, 2.05) is 43.3 Å². The van der Waals surface area contributed by atoms with Gasteiger partial charge in [0.15, 0.2) is 10.2 Å². The van der Waals surface area contributed by atoms with Crippen LogP contribution in [0.4, 0.5) is 11.4 Å². The van der Waals surface area contributed by atoms with Gasteiger partial charge in [0.1, 0.15) is 0 Å². The summed E-state index contributed by atoms with van der Waals surface area (Å²) in [5, 5.41) is 7.11. The highest BCUT2D eigenvalue weighted by atomic mass is 32.1. The fourth-order valence-electron chi connectivity index (χ4n) is 2.21. The van der Waals surface area contributed by atoms with Crippen LogP contribution in [0.25, 0.3) is 0 Å². The zero-order chi connectivity index (χ0) is 18.1. The Morgan fingerprint density at radius 1 is 0.800 bits per heavy atom. The molecule has 0 aliphatic rings. The first-order chi connectivity index (χ1) is 12.1. The molecule has 6 heteroatoms. The number of rotatable bonds is 5. The molecule has 0 atom stereocenters. The number of benzene rings is 2. The summed E-state index contributed by atoms with van der Waals surface area (Å²) in [6.07, 6.45) is 3.53. The first kappa shape index (κ1) is 19.1. The maximum Gasteiger partial charge on any atom is 0.189 e. The minimum absolute atomic E-state index is 0.447. The molecule has 0 spiro atoms. The van der Waals surface area contributed by atoms with Crippen LogP contribution in [0.5, 0.6) is 0 Å². The van der Waals surface area contributed by atoms with E-state index in [1.165, 1.54) is 24.0 Å². The third-order valence-corrected chi connectivity index (χ3v) is 4.04. The molecule has 0 saturated heterocycles. The SMILES string of the molecule is CCCCc1ccc(NC(=S)NNC(=S)Nc2ccc(C)cc2)cc1.